The van der Waals surface area contributed by atoms with Crippen molar-refractivity contribution >= 4 is 33.1 Å². The van der Waals surface area contributed by atoms with Crippen LogP contribution in [0.15, 0.2) is 42.5 Å². The number of anilines is 1. The van der Waals surface area contributed by atoms with E-state index in [0.29, 0.717) is 5.69 Å². The summed E-state index contributed by atoms with van der Waals surface area (Å²) >= 11 is 1.49. The molecule has 0 aliphatic rings. The first kappa shape index (κ1) is 17.2. The molecule has 0 bridgehead atoms. The number of aromatic nitrogens is 1. The number of para-hydroxylation sites is 1. The second-order valence-corrected chi connectivity index (χ2v) is 6.48. The van der Waals surface area contributed by atoms with Crippen LogP contribution in [0.2, 0.25) is 0 Å². The Labute approximate surface area is 145 Å². The van der Waals surface area contributed by atoms with Gasteiger partial charge in [0.1, 0.15) is 5.75 Å². The number of thiazole rings is 1. The highest BCUT2D eigenvalue weighted by atomic mass is 32.1. The van der Waals surface area contributed by atoms with Gasteiger partial charge in [0, 0.05) is 5.69 Å². The van der Waals surface area contributed by atoms with Crippen molar-refractivity contribution in [1.82, 2.24) is 4.98 Å². The molecule has 1 heterocycles. The van der Waals surface area contributed by atoms with Gasteiger partial charge in [0.05, 0.1) is 20.8 Å². The highest BCUT2D eigenvalue weighted by molar-refractivity contribution is 7.18. The van der Waals surface area contributed by atoms with Crippen molar-refractivity contribution in [3.05, 3.63) is 53.0 Å². The maximum Gasteiger partial charge on any atom is 0.419 e. The molecule has 3 aromatic rings. The second kappa shape index (κ2) is 6.72. The van der Waals surface area contributed by atoms with Crippen LogP contribution in [0, 0.1) is 6.92 Å². The summed E-state index contributed by atoms with van der Waals surface area (Å²) in [6.07, 6.45) is -4.54. The van der Waals surface area contributed by atoms with E-state index in [1.54, 1.807) is 18.2 Å². The number of ether oxygens (including phenoxy) is 1. The average molecular weight is 366 g/mol. The van der Waals surface area contributed by atoms with Gasteiger partial charge in [-0.05, 0) is 37.3 Å². The molecule has 0 aliphatic heterocycles. The Morgan fingerprint density at radius 1 is 1.24 bits per heavy atom. The number of fused-ring (bicyclic) bond motifs is 1. The number of aryl methyl sites for hydroxylation is 1. The van der Waals surface area contributed by atoms with E-state index >= 15 is 0 Å². The van der Waals surface area contributed by atoms with E-state index in [1.807, 2.05) is 6.92 Å². The number of nitrogens with zero attached hydrogens (tertiary/aromatic N) is 1. The van der Waals surface area contributed by atoms with Crippen LogP contribution in [-0.2, 0) is 11.0 Å². The topological polar surface area (TPSA) is 51.2 Å². The summed E-state index contributed by atoms with van der Waals surface area (Å²) < 4.78 is 44.6. The van der Waals surface area contributed by atoms with Gasteiger partial charge in [0.2, 0.25) is 0 Å². The Balaban J connectivity index is 1.67. The van der Waals surface area contributed by atoms with Gasteiger partial charge in [-0.15, -0.1) is 11.3 Å². The van der Waals surface area contributed by atoms with Gasteiger partial charge in [-0.25, -0.2) is 4.98 Å². The summed E-state index contributed by atoms with van der Waals surface area (Å²) in [4.78, 5) is 16.3. The lowest BCUT2D eigenvalue weighted by molar-refractivity contribution is -0.139. The molecule has 0 aliphatic carbocycles. The zero-order chi connectivity index (χ0) is 18.0. The SMILES string of the molecule is Cc1nc2ccc(NC(=O)COc3ccccc3C(F)(F)F)cc2s1. The predicted octanol–water partition coefficient (Wildman–Crippen LogP) is 4.64. The smallest absolute Gasteiger partial charge is 0.419 e. The van der Waals surface area contributed by atoms with Gasteiger partial charge in [-0.1, -0.05) is 12.1 Å². The minimum absolute atomic E-state index is 0.376. The third kappa shape index (κ3) is 4.08. The van der Waals surface area contributed by atoms with Gasteiger partial charge >= 0.3 is 6.18 Å². The summed E-state index contributed by atoms with van der Waals surface area (Å²) in [6, 6.07) is 10.00. The van der Waals surface area contributed by atoms with E-state index in [1.165, 1.54) is 29.5 Å². The summed E-state index contributed by atoms with van der Waals surface area (Å²) in [5.41, 5.74) is 0.453. The third-order valence-corrected chi connectivity index (χ3v) is 4.26. The number of rotatable bonds is 4. The lowest BCUT2D eigenvalue weighted by Gasteiger charge is -2.13. The van der Waals surface area contributed by atoms with Gasteiger partial charge in [0.15, 0.2) is 6.61 Å². The standard InChI is InChI=1S/C17H13F3N2O2S/c1-10-21-13-7-6-11(8-15(13)25-10)22-16(23)9-24-14-5-3-2-4-12(14)17(18,19)20/h2-8H,9H2,1H3,(H,22,23). The van der Waals surface area contributed by atoms with Crippen LogP contribution in [0.25, 0.3) is 10.2 Å². The summed E-state index contributed by atoms with van der Waals surface area (Å²) in [5, 5.41) is 3.51. The van der Waals surface area contributed by atoms with E-state index in [-0.39, 0.29) is 5.75 Å². The van der Waals surface area contributed by atoms with Crippen LogP contribution >= 0.6 is 11.3 Å². The highest BCUT2D eigenvalue weighted by Crippen LogP contribution is 2.35. The van der Waals surface area contributed by atoms with Crippen molar-refractivity contribution in [2.24, 2.45) is 0 Å². The summed E-state index contributed by atoms with van der Waals surface area (Å²) in [7, 11) is 0. The average Bonchev–Trinajstić information content (AvgIpc) is 2.91. The molecule has 0 saturated carbocycles. The van der Waals surface area contributed by atoms with Crippen LogP contribution in [0.3, 0.4) is 0 Å². The predicted molar refractivity (Wildman–Crippen MR) is 89.9 cm³/mol. The fourth-order valence-electron chi connectivity index (χ4n) is 2.28. The largest absolute Gasteiger partial charge is 0.483 e. The van der Waals surface area contributed by atoms with E-state index < -0.39 is 24.3 Å². The molecular formula is C17H13F3N2O2S. The fraction of sp³-hybridized carbons (Fsp3) is 0.176. The number of amides is 1. The molecule has 3 rings (SSSR count). The van der Waals surface area contributed by atoms with Crippen molar-refractivity contribution in [2.75, 3.05) is 11.9 Å². The van der Waals surface area contributed by atoms with E-state index in [4.69, 9.17) is 4.74 Å². The maximum absolute atomic E-state index is 12.9. The first-order valence-corrected chi connectivity index (χ1v) is 8.10. The Morgan fingerprint density at radius 3 is 2.76 bits per heavy atom. The minimum Gasteiger partial charge on any atom is -0.483 e. The molecule has 0 atom stereocenters. The molecule has 1 N–H and O–H groups in total. The number of hydrogen-bond donors (Lipinski definition) is 1. The first-order chi connectivity index (χ1) is 11.8. The Hall–Kier alpha value is -2.61. The monoisotopic (exact) mass is 366 g/mol. The number of halogens is 3. The second-order valence-electron chi connectivity index (χ2n) is 5.25. The Bertz CT molecular complexity index is 922. The summed E-state index contributed by atoms with van der Waals surface area (Å²) in [5.74, 6) is -0.920. The maximum atomic E-state index is 12.9. The number of benzene rings is 2. The molecular weight excluding hydrogens is 353 g/mol. The van der Waals surface area contributed by atoms with Crippen LogP contribution in [-0.4, -0.2) is 17.5 Å². The summed E-state index contributed by atoms with van der Waals surface area (Å²) in [6.45, 7) is 1.36. The van der Waals surface area contributed by atoms with E-state index in [9.17, 15) is 18.0 Å². The first-order valence-electron chi connectivity index (χ1n) is 7.29. The lowest BCUT2D eigenvalue weighted by atomic mass is 10.2. The van der Waals surface area contributed by atoms with Crippen molar-refractivity contribution in [3.63, 3.8) is 0 Å². The molecule has 130 valence electrons. The Kier molecular flexibility index (Phi) is 4.63. The number of carbonyl (C=O) groups is 1. The number of alkyl halides is 3. The normalized spacial score (nSPS) is 11.5. The molecule has 25 heavy (non-hydrogen) atoms. The van der Waals surface area contributed by atoms with Crippen molar-refractivity contribution in [3.8, 4) is 5.75 Å². The molecule has 0 unspecified atom stereocenters. The van der Waals surface area contributed by atoms with E-state index in [2.05, 4.69) is 10.3 Å². The highest BCUT2D eigenvalue weighted by Gasteiger charge is 2.34. The van der Waals surface area contributed by atoms with Crippen molar-refractivity contribution < 1.29 is 22.7 Å². The molecule has 2 aromatic carbocycles. The van der Waals surface area contributed by atoms with E-state index in [0.717, 1.165) is 21.3 Å². The van der Waals surface area contributed by atoms with Crippen LogP contribution in [0.1, 0.15) is 10.6 Å². The fourth-order valence-corrected chi connectivity index (χ4v) is 3.15. The lowest BCUT2D eigenvalue weighted by Crippen LogP contribution is -2.21. The molecule has 0 fully saturated rings. The molecule has 1 aromatic heterocycles. The number of carbonyl (C=O) groups excluding carboxylic acids is 1. The van der Waals surface area contributed by atoms with Crippen LogP contribution in [0.5, 0.6) is 5.75 Å². The molecule has 0 radical (unpaired) electrons. The zero-order valence-corrected chi connectivity index (χ0v) is 13.9. The Morgan fingerprint density at radius 2 is 2.00 bits per heavy atom. The van der Waals surface area contributed by atoms with Gasteiger partial charge in [-0.2, -0.15) is 13.2 Å². The molecule has 8 heteroatoms. The van der Waals surface area contributed by atoms with Crippen molar-refractivity contribution in [2.45, 2.75) is 13.1 Å². The molecule has 1 amide bonds. The third-order valence-electron chi connectivity index (χ3n) is 3.33. The van der Waals surface area contributed by atoms with Crippen LogP contribution in [0.4, 0.5) is 18.9 Å². The molecule has 4 nitrogen and oxygen atoms in total. The van der Waals surface area contributed by atoms with Crippen molar-refractivity contribution in [1.29, 1.82) is 0 Å². The minimum atomic E-state index is -4.54. The zero-order valence-electron chi connectivity index (χ0n) is 13.1. The molecule has 0 spiro atoms. The van der Waals surface area contributed by atoms with Gasteiger partial charge < -0.3 is 10.1 Å². The quantitative estimate of drug-likeness (QED) is 0.732. The van der Waals surface area contributed by atoms with Gasteiger partial charge in [0.25, 0.3) is 5.91 Å². The number of nitrogens with one attached hydrogen (secondary N) is 1. The van der Waals surface area contributed by atoms with Crippen LogP contribution < -0.4 is 10.1 Å². The number of hydrogen-bond acceptors (Lipinski definition) is 4. The van der Waals surface area contributed by atoms with Gasteiger partial charge in [-0.3, -0.25) is 4.79 Å². The molecule has 0 saturated heterocycles.